The number of carboxylic acids is 1. The molecule has 0 aliphatic carbocycles. The zero-order valence-electron chi connectivity index (χ0n) is 7.93. The summed E-state index contributed by atoms with van der Waals surface area (Å²) in [6.07, 6.45) is -0.687. The average Bonchev–Trinajstić information content (AvgIpc) is 2.18. The second-order valence-corrected chi connectivity index (χ2v) is 2.89. The maximum Gasteiger partial charge on any atom is 0.372 e. The molecule has 0 aromatic carbocycles. The molecule has 1 N–H and O–H groups in total. The number of carbonyl (C=O) groups is 3. The van der Waals surface area contributed by atoms with Gasteiger partial charge in [-0.05, 0) is 19.1 Å². The van der Waals surface area contributed by atoms with E-state index in [1.807, 2.05) is 0 Å². The number of hydrogen-bond acceptors (Lipinski definition) is 5. The van der Waals surface area contributed by atoms with Gasteiger partial charge in [0.25, 0.3) is 0 Å². The standard InChI is InChI=1S/C9H8N2O4/c1-5-2-3-6(11-10-5)7(12)4-8(13)9(14)15/h2-3H,4H2,1H3,(H,14,15). The molecule has 1 aromatic heterocycles. The molecule has 78 valence electrons. The maximum absolute atomic E-state index is 11.3. The summed E-state index contributed by atoms with van der Waals surface area (Å²) in [6.45, 7) is 1.70. The molecule has 6 nitrogen and oxygen atoms in total. The van der Waals surface area contributed by atoms with Gasteiger partial charge in [-0.15, -0.1) is 5.10 Å². The molecule has 0 spiro atoms. The van der Waals surface area contributed by atoms with Crippen LogP contribution in [0.15, 0.2) is 12.1 Å². The van der Waals surface area contributed by atoms with E-state index in [-0.39, 0.29) is 5.69 Å². The summed E-state index contributed by atoms with van der Waals surface area (Å²) in [4.78, 5) is 32.2. The fourth-order valence-corrected chi connectivity index (χ4v) is 0.860. The summed E-state index contributed by atoms with van der Waals surface area (Å²) in [7, 11) is 0. The molecule has 0 saturated carbocycles. The van der Waals surface area contributed by atoms with Crippen molar-refractivity contribution in [2.24, 2.45) is 0 Å². The fraction of sp³-hybridized carbons (Fsp3) is 0.222. The van der Waals surface area contributed by atoms with E-state index in [2.05, 4.69) is 10.2 Å². The third-order valence-electron chi connectivity index (χ3n) is 1.64. The third-order valence-corrected chi connectivity index (χ3v) is 1.64. The SMILES string of the molecule is Cc1ccc(C(=O)CC(=O)C(=O)O)nn1. The maximum atomic E-state index is 11.3. The van der Waals surface area contributed by atoms with Crippen LogP contribution in [0.4, 0.5) is 0 Å². The lowest BCUT2D eigenvalue weighted by molar-refractivity contribution is -0.148. The van der Waals surface area contributed by atoms with Crippen molar-refractivity contribution in [3.05, 3.63) is 23.5 Å². The molecule has 0 unspecified atom stereocenters. The van der Waals surface area contributed by atoms with Crippen LogP contribution in [-0.4, -0.2) is 32.8 Å². The zero-order valence-corrected chi connectivity index (χ0v) is 7.93. The number of aryl methyl sites for hydroxylation is 1. The van der Waals surface area contributed by atoms with Crippen LogP contribution in [0.5, 0.6) is 0 Å². The van der Waals surface area contributed by atoms with Crippen LogP contribution in [0.25, 0.3) is 0 Å². The van der Waals surface area contributed by atoms with E-state index in [0.717, 1.165) is 0 Å². The average molecular weight is 208 g/mol. The summed E-state index contributed by atoms with van der Waals surface area (Å²) in [6, 6.07) is 2.96. The molecular formula is C9H8N2O4. The van der Waals surface area contributed by atoms with Gasteiger partial charge in [0, 0.05) is 0 Å². The lowest BCUT2D eigenvalue weighted by Crippen LogP contribution is -2.18. The molecule has 6 heteroatoms. The lowest BCUT2D eigenvalue weighted by Gasteiger charge is -1.96. The van der Waals surface area contributed by atoms with E-state index in [1.54, 1.807) is 13.0 Å². The van der Waals surface area contributed by atoms with Gasteiger partial charge in [0.15, 0.2) is 5.78 Å². The predicted octanol–water partition coefficient (Wildman–Crippen LogP) is 0.0115. The topological polar surface area (TPSA) is 97.2 Å². The van der Waals surface area contributed by atoms with Crippen LogP contribution in [0, 0.1) is 6.92 Å². The molecule has 1 heterocycles. The Kier molecular flexibility index (Phi) is 3.22. The Hall–Kier alpha value is -2.11. The van der Waals surface area contributed by atoms with E-state index in [4.69, 9.17) is 5.11 Å². The summed E-state index contributed by atoms with van der Waals surface area (Å²) in [5, 5.41) is 15.5. The molecule has 0 aliphatic heterocycles. The van der Waals surface area contributed by atoms with Crippen LogP contribution < -0.4 is 0 Å². The zero-order chi connectivity index (χ0) is 11.4. The largest absolute Gasteiger partial charge is 0.475 e. The summed E-state index contributed by atoms with van der Waals surface area (Å²) >= 11 is 0. The van der Waals surface area contributed by atoms with Gasteiger partial charge in [0.05, 0.1) is 12.1 Å². The van der Waals surface area contributed by atoms with Crippen LogP contribution in [-0.2, 0) is 9.59 Å². The predicted molar refractivity (Wildman–Crippen MR) is 48.4 cm³/mol. The summed E-state index contributed by atoms with van der Waals surface area (Å²) < 4.78 is 0. The molecule has 0 fully saturated rings. The Balaban J connectivity index is 2.74. The molecule has 0 bridgehead atoms. The molecule has 0 radical (unpaired) electrons. The lowest BCUT2D eigenvalue weighted by atomic mass is 10.1. The minimum Gasteiger partial charge on any atom is -0.475 e. The van der Waals surface area contributed by atoms with Gasteiger partial charge in [-0.3, -0.25) is 9.59 Å². The second-order valence-electron chi connectivity index (χ2n) is 2.89. The van der Waals surface area contributed by atoms with Gasteiger partial charge in [0.2, 0.25) is 5.78 Å². The van der Waals surface area contributed by atoms with Crippen molar-refractivity contribution in [1.29, 1.82) is 0 Å². The Bertz CT molecular complexity index is 411. The number of hydrogen-bond donors (Lipinski definition) is 1. The van der Waals surface area contributed by atoms with Crippen LogP contribution in [0.2, 0.25) is 0 Å². The van der Waals surface area contributed by atoms with E-state index >= 15 is 0 Å². The first-order valence-corrected chi connectivity index (χ1v) is 4.10. The number of carbonyl (C=O) groups excluding carboxylic acids is 2. The van der Waals surface area contributed by atoms with Crippen molar-refractivity contribution in [1.82, 2.24) is 10.2 Å². The highest BCUT2D eigenvalue weighted by Crippen LogP contribution is 2.00. The van der Waals surface area contributed by atoms with E-state index in [9.17, 15) is 14.4 Å². The van der Waals surface area contributed by atoms with Gasteiger partial charge in [-0.2, -0.15) is 5.10 Å². The summed E-state index contributed by atoms with van der Waals surface area (Å²) in [5.74, 6) is -3.42. The number of carboxylic acid groups (broad SMARTS) is 1. The van der Waals surface area contributed by atoms with Crippen molar-refractivity contribution >= 4 is 17.5 Å². The number of nitrogens with zero attached hydrogens (tertiary/aromatic N) is 2. The first kappa shape index (κ1) is 11.0. The van der Waals surface area contributed by atoms with E-state index in [1.165, 1.54) is 6.07 Å². The van der Waals surface area contributed by atoms with Crippen molar-refractivity contribution in [3.63, 3.8) is 0 Å². The van der Waals surface area contributed by atoms with Crippen molar-refractivity contribution in [2.45, 2.75) is 13.3 Å². The minimum atomic E-state index is -1.62. The second kappa shape index (κ2) is 4.41. The van der Waals surface area contributed by atoms with Crippen LogP contribution in [0.1, 0.15) is 22.6 Å². The monoisotopic (exact) mass is 208 g/mol. The highest BCUT2D eigenvalue weighted by atomic mass is 16.4. The molecule has 0 saturated heterocycles. The fourth-order valence-electron chi connectivity index (χ4n) is 0.860. The van der Waals surface area contributed by atoms with E-state index < -0.39 is 24.0 Å². The number of Topliss-reactive ketones (excluding diaryl/α,β-unsaturated/α-hetero) is 2. The van der Waals surface area contributed by atoms with Crippen molar-refractivity contribution < 1.29 is 19.5 Å². The number of rotatable bonds is 4. The molecule has 15 heavy (non-hydrogen) atoms. The molecule has 1 aromatic rings. The smallest absolute Gasteiger partial charge is 0.372 e. The Morgan fingerprint density at radius 2 is 1.93 bits per heavy atom. The first-order valence-electron chi connectivity index (χ1n) is 4.10. The molecule has 1 rings (SSSR count). The number of aliphatic carboxylic acids is 1. The van der Waals surface area contributed by atoms with Gasteiger partial charge in [-0.25, -0.2) is 4.79 Å². The normalized spacial score (nSPS) is 9.67. The summed E-state index contributed by atoms with van der Waals surface area (Å²) in [5.41, 5.74) is 0.631. The molecule has 0 atom stereocenters. The van der Waals surface area contributed by atoms with Gasteiger partial charge in [-0.1, -0.05) is 0 Å². The van der Waals surface area contributed by atoms with Gasteiger partial charge >= 0.3 is 5.97 Å². The molecule has 0 amide bonds. The van der Waals surface area contributed by atoms with Gasteiger partial charge in [0.1, 0.15) is 5.69 Å². The molecular weight excluding hydrogens is 200 g/mol. The highest BCUT2D eigenvalue weighted by Gasteiger charge is 2.18. The van der Waals surface area contributed by atoms with E-state index in [0.29, 0.717) is 5.69 Å². The third kappa shape index (κ3) is 2.94. The Labute approximate surface area is 84.9 Å². The molecule has 0 aliphatic rings. The van der Waals surface area contributed by atoms with Crippen molar-refractivity contribution in [3.8, 4) is 0 Å². The Morgan fingerprint density at radius 1 is 1.27 bits per heavy atom. The Morgan fingerprint density at radius 3 is 2.40 bits per heavy atom. The highest BCUT2D eigenvalue weighted by molar-refractivity contribution is 6.37. The quantitative estimate of drug-likeness (QED) is 0.425. The first-order chi connectivity index (χ1) is 7.00. The van der Waals surface area contributed by atoms with Crippen molar-refractivity contribution in [2.75, 3.05) is 0 Å². The van der Waals surface area contributed by atoms with Crippen LogP contribution in [0.3, 0.4) is 0 Å². The minimum absolute atomic E-state index is 0.00444. The van der Waals surface area contributed by atoms with Gasteiger partial charge < -0.3 is 5.11 Å². The number of ketones is 2. The van der Waals surface area contributed by atoms with Crippen LogP contribution >= 0.6 is 0 Å². The number of aromatic nitrogens is 2.